The van der Waals surface area contributed by atoms with E-state index in [1.165, 1.54) is 13.2 Å². The molecule has 0 radical (unpaired) electrons. The Morgan fingerprint density at radius 2 is 1.88 bits per heavy atom. The molecule has 0 bridgehead atoms. The molecule has 1 aromatic carbocycles. The van der Waals surface area contributed by atoms with E-state index in [0.29, 0.717) is 17.7 Å². The standard InChI is InChI=1S/C17H17NO6/c1-3-23-14-9-10(8-13(24-14)17(21)22-2)18-15(19)11-6-4-5-7-12(11)16(18)20/h4-8,10,14H,3,9H2,1-2H3/t10-,14+/m0/s1. The molecule has 0 spiro atoms. The molecule has 3 rings (SSSR count). The van der Waals surface area contributed by atoms with Crippen molar-refractivity contribution in [3.63, 3.8) is 0 Å². The molecule has 2 amide bonds. The van der Waals surface area contributed by atoms with Crippen molar-refractivity contribution in [3.05, 3.63) is 47.2 Å². The molecular formula is C17H17NO6. The fourth-order valence-corrected chi connectivity index (χ4v) is 2.86. The highest BCUT2D eigenvalue weighted by Crippen LogP contribution is 2.30. The van der Waals surface area contributed by atoms with Crippen LogP contribution in [0.2, 0.25) is 0 Å². The van der Waals surface area contributed by atoms with Gasteiger partial charge >= 0.3 is 5.97 Å². The molecular weight excluding hydrogens is 314 g/mol. The predicted octanol–water partition coefficient (Wildman–Crippen LogP) is 1.49. The van der Waals surface area contributed by atoms with E-state index in [9.17, 15) is 14.4 Å². The van der Waals surface area contributed by atoms with Crippen molar-refractivity contribution >= 4 is 17.8 Å². The second-order valence-corrected chi connectivity index (χ2v) is 5.35. The number of imide groups is 1. The quantitative estimate of drug-likeness (QED) is 0.614. The molecule has 0 unspecified atom stereocenters. The van der Waals surface area contributed by atoms with Gasteiger partial charge in [-0.2, -0.15) is 0 Å². The maximum Gasteiger partial charge on any atom is 0.373 e. The molecule has 1 aromatic rings. The third kappa shape index (κ3) is 2.67. The Kier molecular flexibility index (Phi) is 4.35. The second kappa shape index (κ2) is 6.45. The van der Waals surface area contributed by atoms with Gasteiger partial charge in [-0.3, -0.25) is 14.5 Å². The lowest BCUT2D eigenvalue weighted by molar-refractivity contribution is -0.159. The number of fused-ring (bicyclic) bond motifs is 1. The first kappa shape index (κ1) is 16.2. The highest BCUT2D eigenvalue weighted by atomic mass is 16.7. The molecule has 2 heterocycles. The number of esters is 1. The fraction of sp³-hybridized carbons (Fsp3) is 0.353. The second-order valence-electron chi connectivity index (χ2n) is 5.35. The van der Waals surface area contributed by atoms with Gasteiger partial charge in [0, 0.05) is 13.0 Å². The first-order valence-electron chi connectivity index (χ1n) is 7.62. The maximum absolute atomic E-state index is 12.6. The van der Waals surface area contributed by atoms with Gasteiger partial charge in [-0.05, 0) is 25.1 Å². The number of carbonyl (C=O) groups is 3. The monoisotopic (exact) mass is 331 g/mol. The van der Waals surface area contributed by atoms with E-state index in [1.807, 2.05) is 0 Å². The van der Waals surface area contributed by atoms with Crippen LogP contribution in [-0.4, -0.2) is 48.7 Å². The zero-order valence-corrected chi connectivity index (χ0v) is 13.4. The Bertz CT molecular complexity index is 691. The summed E-state index contributed by atoms with van der Waals surface area (Å²) in [6.07, 6.45) is 0.950. The zero-order valence-electron chi connectivity index (χ0n) is 13.4. The van der Waals surface area contributed by atoms with Gasteiger partial charge in [0.2, 0.25) is 12.0 Å². The fourth-order valence-electron chi connectivity index (χ4n) is 2.86. The molecule has 0 fully saturated rings. The predicted molar refractivity (Wildman–Crippen MR) is 81.9 cm³/mol. The van der Waals surface area contributed by atoms with Crippen LogP contribution >= 0.6 is 0 Å². The smallest absolute Gasteiger partial charge is 0.373 e. The van der Waals surface area contributed by atoms with Crippen LogP contribution in [0.1, 0.15) is 34.1 Å². The third-order valence-electron chi connectivity index (χ3n) is 3.93. The first-order chi connectivity index (χ1) is 11.6. The number of carbonyl (C=O) groups excluding carboxylic acids is 3. The lowest BCUT2D eigenvalue weighted by atomic mass is 10.1. The SMILES string of the molecule is CCO[C@H]1C[C@@H](N2C(=O)c3ccccc3C2=O)C=C(C(=O)OC)O1. The van der Waals surface area contributed by atoms with E-state index in [0.717, 1.165) is 4.90 Å². The Hall–Kier alpha value is -2.67. The molecule has 7 heteroatoms. The number of benzene rings is 1. The lowest BCUT2D eigenvalue weighted by Gasteiger charge is -2.32. The van der Waals surface area contributed by atoms with Crippen molar-refractivity contribution in [3.8, 4) is 0 Å². The van der Waals surface area contributed by atoms with Crippen LogP contribution in [-0.2, 0) is 19.0 Å². The summed E-state index contributed by atoms with van der Waals surface area (Å²) in [6.45, 7) is 2.16. The van der Waals surface area contributed by atoms with Gasteiger partial charge in [0.15, 0.2) is 0 Å². The van der Waals surface area contributed by atoms with Crippen molar-refractivity contribution in [1.82, 2.24) is 4.90 Å². The molecule has 7 nitrogen and oxygen atoms in total. The molecule has 126 valence electrons. The topological polar surface area (TPSA) is 82.1 Å². The molecule has 0 aliphatic carbocycles. The van der Waals surface area contributed by atoms with E-state index in [2.05, 4.69) is 4.74 Å². The van der Waals surface area contributed by atoms with Gasteiger partial charge in [0.1, 0.15) is 0 Å². The molecule has 2 atom stereocenters. The molecule has 2 aliphatic heterocycles. The van der Waals surface area contributed by atoms with Crippen molar-refractivity contribution in [1.29, 1.82) is 0 Å². The average molecular weight is 331 g/mol. The largest absolute Gasteiger partial charge is 0.463 e. The van der Waals surface area contributed by atoms with Gasteiger partial charge in [-0.1, -0.05) is 12.1 Å². The highest BCUT2D eigenvalue weighted by molar-refractivity contribution is 6.21. The molecule has 24 heavy (non-hydrogen) atoms. The van der Waals surface area contributed by atoms with Crippen molar-refractivity contribution < 1.29 is 28.6 Å². The highest BCUT2D eigenvalue weighted by Gasteiger charge is 2.42. The number of hydrogen-bond acceptors (Lipinski definition) is 6. The van der Waals surface area contributed by atoms with Crippen LogP contribution in [0.4, 0.5) is 0 Å². The minimum absolute atomic E-state index is 0.0660. The van der Waals surface area contributed by atoms with Crippen LogP contribution in [0.25, 0.3) is 0 Å². The maximum atomic E-state index is 12.6. The molecule has 0 aromatic heterocycles. The Morgan fingerprint density at radius 3 is 2.42 bits per heavy atom. The van der Waals surface area contributed by atoms with Crippen LogP contribution in [0.3, 0.4) is 0 Å². The van der Waals surface area contributed by atoms with Crippen LogP contribution in [0, 0.1) is 0 Å². The van der Waals surface area contributed by atoms with Gasteiger partial charge in [-0.25, -0.2) is 4.79 Å². The van der Waals surface area contributed by atoms with Gasteiger partial charge < -0.3 is 14.2 Å². The first-order valence-corrected chi connectivity index (χ1v) is 7.62. The number of ether oxygens (including phenoxy) is 3. The van der Waals surface area contributed by atoms with Gasteiger partial charge in [0.05, 0.1) is 24.3 Å². The summed E-state index contributed by atoms with van der Waals surface area (Å²) >= 11 is 0. The van der Waals surface area contributed by atoms with E-state index < -0.39 is 30.1 Å². The van der Waals surface area contributed by atoms with Crippen LogP contribution in [0.5, 0.6) is 0 Å². The third-order valence-corrected chi connectivity index (χ3v) is 3.93. The number of nitrogens with zero attached hydrogens (tertiary/aromatic N) is 1. The molecule has 0 saturated heterocycles. The minimum Gasteiger partial charge on any atom is -0.463 e. The molecule has 0 saturated carbocycles. The Morgan fingerprint density at radius 1 is 1.25 bits per heavy atom. The molecule has 2 aliphatic rings. The van der Waals surface area contributed by atoms with Crippen molar-refractivity contribution in [2.24, 2.45) is 0 Å². The average Bonchev–Trinajstić information content (AvgIpc) is 2.85. The summed E-state index contributed by atoms with van der Waals surface area (Å²) in [5.41, 5.74) is 0.713. The van der Waals surface area contributed by atoms with Gasteiger partial charge in [-0.15, -0.1) is 0 Å². The van der Waals surface area contributed by atoms with Crippen LogP contribution in [0.15, 0.2) is 36.1 Å². The van der Waals surface area contributed by atoms with E-state index in [1.54, 1.807) is 31.2 Å². The molecule has 0 N–H and O–H groups in total. The van der Waals surface area contributed by atoms with Crippen molar-refractivity contribution in [2.45, 2.75) is 25.7 Å². The number of amides is 2. The number of hydrogen-bond donors (Lipinski definition) is 0. The summed E-state index contributed by atoms with van der Waals surface area (Å²) < 4.78 is 15.5. The van der Waals surface area contributed by atoms with Gasteiger partial charge in [0.25, 0.3) is 11.8 Å². The van der Waals surface area contributed by atoms with E-state index in [4.69, 9.17) is 9.47 Å². The van der Waals surface area contributed by atoms with E-state index >= 15 is 0 Å². The lowest BCUT2D eigenvalue weighted by Crippen LogP contribution is -2.44. The Labute approximate surface area is 138 Å². The van der Waals surface area contributed by atoms with Crippen LogP contribution < -0.4 is 0 Å². The summed E-state index contributed by atoms with van der Waals surface area (Å²) in [6, 6.07) is 5.99. The summed E-state index contributed by atoms with van der Waals surface area (Å²) in [5, 5.41) is 0. The minimum atomic E-state index is -0.733. The Balaban J connectivity index is 1.94. The summed E-state index contributed by atoms with van der Waals surface area (Å²) in [4.78, 5) is 38.1. The number of rotatable bonds is 4. The summed E-state index contributed by atoms with van der Waals surface area (Å²) in [7, 11) is 1.23. The zero-order chi connectivity index (χ0) is 17.3. The number of methoxy groups -OCH3 is 1. The normalized spacial score (nSPS) is 22.8. The van der Waals surface area contributed by atoms with Crippen molar-refractivity contribution in [2.75, 3.05) is 13.7 Å². The summed E-state index contributed by atoms with van der Waals surface area (Å²) in [5.74, 6) is -1.53. The van der Waals surface area contributed by atoms with E-state index in [-0.39, 0.29) is 12.2 Å².